The minimum absolute atomic E-state index is 0.134. The van der Waals surface area contributed by atoms with Gasteiger partial charge < -0.3 is 15.5 Å². The van der Waals surface area contributed by atoms with Crippen LogP contribution in [0.25, 0.3) is 0 Å². The summed E-state index contributed by atoms with van der Waals surface area (Å²) in [5, 5.41) is 5.44. The maximum atomic E-state index is 11.2. The van der Waals surface area contributed by atoms with Crippen LogP contribution in [0.15, 0.2) is 12.3 Å². The van der Waals surface area contributed by atoms with Crippen molar-refractivity contribution in [1.82, 2.24) is 15.5 Å². The smallest absolute Gasteiger partial charge is 0.318 e. The number of amides is 2. The van der Waals surface area contributed by atoms with Crippen molar-refractivity contribution >= 4 is 6.03 Å². The van der Waals surface area contributed by atoms with Crippen molar-refractivity contribution < 1.29 is 4.79 Å². The van der Waals surface area contributed by atoms with Crippen molar-refractivity contribution in [3.8, 4) is 0 Å². The summed E-state index contributed by atoms with van der Waals surface area (Å²) in [7, 11) is 4.04. The Hall–Kier alpha value is -1.03. The number of allylic oxidation sites excluding steroid dienone is 1. The van der Waals surface area contributed by atoms with Crippen molar-refractivity contribution in [2.75, 3.05) is 27.2 Å². The first-order valence-corrected chi connectivity index (χ1v) is 5.38. The fraction of sp³-hybridized carbons (Fsp3) is 0.727. The molecule has 0 aliphatic heterocycles. The highest BCUT2D eigenvalue weighted by molar-refractivity contribution is 5.74. The van der Waals surface area contributed by atoms with E-state index in [9.17, 15) is 4.79 Å². The molecule has 2 N–H and O–H groups in total. The average Bonchev–Trinajstić information content (AvgIpc) is 2.11. The molecule has 0 aromatic heterocycles. The van der Waals surface area contributed by atoms with Crippen LogP contribution in [-0.2, 0) is 0 Å². The lowest BCUT2D eigenvalue weighted by Gasteiger charge is -2.09. The molecular weight excluding hydrogens is 190 g/mol. The predicted octanol–water partition coefficient (Wildman–Crippen LogP) is 1.41. The summed E-state index contributed by atoms with van der Waals surface area (Å²) < 4.78 is 0. The van der Waals surface area contributed by atoms with Crippen molar-refractivity contribution in [3.05, 3.63) is 12.3 Å². The van der Waals surface area contributed by atoms with Gasteiger partial charge in [0.1, 0.15) is 0 Å². The van der Waals surface area contributed by atoms with Crippen molar-refractivity contribution in [2.24, 2.45) is 5.92 Å². The highest BCUT2D eigenvalue weighted by atomic mass is 16.2. The molecule has 0 aromatic carbocycles. The van der Waals surface area contributed by atoms with Crippen molar-refractivity contribution in [2.45, 2.75) is 20.3 Å². The molecule has 0 spiro atoms. The van der Waals surface area contributed by atoms with E-state index in [1.807, 2.05) is 20.2 Å². The van der Waals surface area contributed by atoms with Crippen molar-refractivity contribution in [1.29, 1.82) is 0 Å². The SMILES string of the molecule is CC(C)/C=C/NC(=O)NCCCN(C)C. The van der Waals surface area contributed by atoms with Gasteiger partial charge in [0.25, 0.3) is 0 Å². The number of nitrogens with zero attached hydrogens (tertiary/aromatic N) is 1. The second-order valence-electron chi connectivity index (χ2n) is 4.16. The zero-order chi connectivity index (χ0) is 11.7. The molecule has 0 aliphatic rings. The quantitative estimate of drug-likeness (QED) is 0.655. The molecule has 0 radical (unpaired) electrons. The summed E-state index contributed by atoms with van der Waals surface area (Å²) >= 11 is 0. The van der Waals surface area contributed by atoms with Crippen LogP contribution in [0.1, 0.15) is 20.3 Å². The Bertz CT molecular complexity index is 200. The molecule has 4 heteroatoms. The molecule has 88 valence electrons. The Morgan fingerprint density at radius 3 is 2.60 bits per heavy atom. The van der Waals surface area contributed by atoms with Gasteiger partial charge in [0.05, 0.1) is 0 Å². The number of nitrogens with one attached hydrogen (secondary N) is 2. The fourth-order valence-corrected chi connectivity index (χ4v) is 0.964. The highest BCUT2D eigenvalue weighted by Crippen LogP contribution is 1.90. The van der Waals surface area contributed by atoms with E-state index in [1.54, 1.807) is 6.20 Å². The molecule has 0 aliphatic carbocycles. The molecule has 15 heavy (non-hydrogen) atoms. The largest absolute Gasteiger partial charge is 0.338 e. The number of hydrogen-bond donors (Lipinski definition) is 2. The van der Waals surface area contributed by atoms with Gasteiger partial charge in [-0.25, -0.2) is 4.79 Å². The monoisotopic (exact) mass is 213 g/mol. The Morgan fingerprint density at radius 2 is 2.07 bits per heavy atom. The second-order valence-corrected chi connectivity index (χ2v) is 4.16. The van der Waals surface area contributed by atoms with Gasteiger partial charge in [-0.3, -0.25) is 0 Å². The lowest BCUT2D eigenvalue weighted by molar-refractivity contribution is 0.243. The van der Waals surface area contributed by atoms with Crippen LogP contribution in [0, 0.1) is 5.92 Å². The zero-order valence-corrected chi connectivity index (χ0v) is 10.2. The molecule has 0 atom stereocenters. The number of hydrogen-bond acceptors (Lipinski definition) is 2. The Kier molecular flexibility index (Phi) is 7.72. The third kappa shape index (κ3) is 10.9. The minimum atomic E-state index is -0.134. The average molecular weight is 213 g/mol. The molecule has 2 amide bonds. The number of carbonyl (C=O) groups is 1. The summed E-state index contributed by atoms with van der Waals surface area (Å²) in [6.45, 7) is 5.82. The zero-order valence-electron chi connectivity index (χ0n) is 10.2. The lowest BCUT2D eigenvalue weighted by Crippen LogP contribution is -2.33. The Balaban J connectivity index is 3.42. The van der Waals surface area contributed by atoms with E-state index in [0.717, 1.165) is 13.0 Å². The maximum absolute atomic E-state index is 11.2. The third-order valence-electron chi connectivity index (χ3n) is 1.76. The second kappa shape index (κ2) is 8.29. The summed E-state index contributed by atoms with van der Waals surface area (Å²) in [6.07, 6.45) is 4.60. The van der Waals surface area contributed by atoms with E-state index >= 15 is 0 Å². The predicted molar refractivity (Wildman–Crippen MR) is 63.7 cm³/mol. The van der Waals surface area contributed by atoms with Crippen LogP contribution < -0.4 is 10.6 Å². The van der Waals surface area contributed by atoms with E-state index in [4.69, 9.17) is 0 Å². The van der Waals surface area contributed by atoms with Gasteiger partial charge in [-0.15, -0.1) is 0 Å². The molecule has 4 nitrogen and oxygen atoms in total. The van der Waals surface area contributed by atoms with E-state index in [2.05, 4.69) is 29.4 Å². The van der Waals surface area contributed by atoms with Crippen LogP contribution in [0.2, 0.25) is 0 Å². The highest BCUT2D eigenvalue weighted by Gasteiger charge is 1.96. The first-order valence-electron chi connectivity index (χ1n) is 5.38. The standard InChI is InChI=1S/C11H23N3O/c1-10(2)6-8-13-11(15)12-7-5-9-14(3)4/h6,8,10H,5,7,9H2,1-4H3,(H2,12,13,15)/b8-6+. The molecule has 0 heterocycles. The van der Waals surface area contributed by atoms with Gasteiger partial charge >= 0.3 is 6.03 Å². The lowest BCUT2D eigenvalue weighted by atomic mass is 10.2. The summed E-state index contributed by atoms with van der Waals surface area (Å²) in [5.74, 6) is 0.457. The summed E-state index contributed by atoms with van der Waals surface area (Å²) in [4.78, 5) is 13.3. The maximum Gasteiger partial charge on any atom is 0.318 e. The van der Waals surface area contributed by atoms with Crippen LogP contribution in [-0.4, -0.2) is 38.1 Å². The Labute approximate surface area is 92.7 Å². The van der Waals surface area contributed by atoms with Crippen LogP contribution >= 0.6 is 0 Å². The van der Waals surface area contributed by atoms with E-state index in [0.29, 0.717) is 12.5 Å². The van der Waals surface area contributed by atoms with Crippen LogP contribution in [0.5, 0.6) is 0 Å². The van der Waals surface area contributed by atoms with Gasteiger partial charge in [-0.2, -0.15) is 0 Å². The van der Waals surface area contributed by atoms with Gasteiger partial charge in [0.2, 0.25) is 0 Å². The first-order chi connectivity index (χ1) is 7.02. The van der Waals surface area contributed by atoms with Gasteiger partial charge in [0, 0.05) is 12.7 Å². The summed E-state index contributed by atoms with van der Waals surface area (Å²) in [5.41, 5.74) is 0. The van der Waals surface area contributed by atoms with Crippen LogP contribution in [0.3, 0.4) is 0 Å². The molecule has 0 fully saturated rings. The van der Waals surface area contributed by atoms with Gasteiger partial charge in [-0.1, -0.05) is 19.9 Å². The normalized spacial score (nSPS) is 11.3. The molecule has 0 bridgehead atoms. The van der Waals surface area contributed by atoms with Crippen LogP contribution in [0.4, 0.5) is 4.79 Å². The van der Waals surface area contributed by atoms with E-state index in [1.165, 1.54) is 0 Å². The number of carbonyl (C=O) groups excluding carboxylic acids is 1. The van der Waals surface area contributed by atoms with Gasteiger partial charge in [-0.05, 0) is 33.0 Å². The topological polar surface area (TPSA) is 44.4 Å². The molecule has 0 rings (SSSR count). The Morgan fingerprint density at radius 1 is 1.40 bits per heavy atom. The molecule has 0 saturated carbocycles. The fourth-order valence-electron chi connectivity index (χ4n) is 0.964. The third-order valence-corrected chi connectivity index (χ3v) is 1.76. The first kappa shape index (κ1) is 14.0. The van der Waals surface area contributed by atoms with E-state index < -0.39 is 0 Å². The molecule has 0 aromatic rings. The van der Waals surface area contributed by atoms with E-state index in [-0.39, 0.29) is 6.03 Å². The number of urea groups is 1. The minimum Gasteiger partial charge on any atom is -0.338 e. The number of rotatable bonds is 6. The molecule has 0 saturated heterocycles. The molecule has 0 unspecified atom stereocenters. The van der Waals surface area contributed by atoms with Crippen molar-refractivity contribution in [3.63, 3.8) is 0 Å². The summed E-state index contributed by atoms with van der Waals surface area (Å²) in [6, 6.07) is -0.134. The van der Waals surface area contributed by atoms with Gasteiger partial charge in [0.15, 0.2) is 0 Å². The molecular formula is C11H23N3O.